The number of H-pyrrole nitrogens is 1. The molecule has 25 heavy (non-hydrogen) atoms. The lowest BCUT2D eigenvalue weighted by Gasteiger charge is -2.07. The average Bonchev–Trinajstić information content (AvgIpc) is 3.08. The van der Waals surface area contributed by atoms with Crippen LogP contribution in [0.2, 0.25) is 0 Å². The predicted octanol–water partition coefficient (Wildman–Crippen LogP) is 4.12. The lowest BCUT2D eigenvalue weighted by Crippen LogP contribution is -2.15. The molecule has 0 fully saturated rings. The molecule has 0 saturated heterocycles. The second kappa shape index (κ2) is 8.14. The third kappa shape index (κ3) is 4.70. The molecule has 2 rings (SSSR count). The molecule has 0 radical (unpaired) electrons. The van der Waals surface area contributed by atoms with Crippen molar-refractivity contribution in [3.05, 3.63) is 22.5 Å². The number of Topliss-reactive ketones (excluding diaryl/α,β-unsaturated/α-hetero) is 2. The van der Waals surface area contributed by atoms with Gasteiger partial charge in [0, 0.05) is 17.8 Å². The van der Waals surface area contributed by atoms with Crippen LogP contribution in [0.15, 0.2) is 4.34 Å². The van der Waals surface area contributed by atoms with Crippen molar-refractivity contribution in [1.29, 1.82) is 0 Å². The highest BCUT2D eigenvalue weighted by Gasteiger charge is 2.25. The summed E-state index contributed by atoms with van der Waals surface area (Å²) in [6.07, 6.45) is 0. The van der Waals surface area contributed by atoms with Gasteiger partial charge in [-0.25, -0.2) is 0 Å². The van der Waals surface area contributed by atoms with Crippen LogP contribution in [0.25, 0.3) is 0 Å². The maximum atomic E-state index is 12.8. The van der Waals surface area contributed by atoms with Crippen LogP contribution < -0.4 is 5.32 Å². The summed E-state index contributed by atoms with van der Waals surface area (Å²) >= 11 is 2.83. The number of ketones is 2. The van der Waals surface area contributed by atoms with Crippen LogP contribution in [0.3, 0.4) is 0 Å². The van der Waals surface area contributed by atoms with Gasteiger partial charge in [0.05, 0.1) is 10.9 Å². The Hall–Kier alpha value is -1.67. The van der Waals surface area contributed by atoms with E-state index in [1.54, 1.807) is 0 Å². The van der Waals surface area contributed by atoms with Crippen LogP contribution in [-0.2, 0) is 0 Å². The fourth-order valence-corrected chi connectivity index (χ4v) is 4.51. The highest BCUT2D eigenvalue weighted by atomic mass is 32.2. The molecule has 0 aliphatic carbocycles. The summed E-state index contributed by atoms with van der Waals surface area (Å²) in [6, 6.07) is 0. The minimum absolute atomic E-state index is 0.0319. The number of aromatic nitrogens is 3. The summed E-state index contributed by atoms with van der Waals surface area (Å²) in [5, 5.41) is 11.9. The molecule has 0 aliphatic heterocycles. The number of thioether (sulfide) groups is 1. The fourth-order valence-electron chi connectivity index (χ4n) is 2.55. The first-order valence-electron chi connectivity index (χ1n) is 8.19. The van der Waals surface area contributed by atoms with Gasteiger partial charge in [0.25, 0.3) is 0 Å². The second-order valence-electron chi connectivity index (χ2n) is 6.45. The number of rotatable bonds is 8. The van der Waals surface area contributed by atoms with Gasteiger partial charge in [0.1, 0.15) is 0 Å². The summed E-state index contributed by atoms with van der Waals surface area (Å²) in [7, 11) is 0. The monoisotopic (exact) mass is 380 g/mol. The van der Waals surface area contributed by atoms with E-state index in [2.05, 4.69) is 34.3 Å². The van der Waals surface area contributed by atoms with Crippen molar-refractivity contribution in [2.75, 3.05) is 11.9 Å². The molecule has 0 spiro atoms. The Morgan fingerprint density at radius 2 is 1.92 bits per heavy atom. The number of hydrogen-bond acceptors (Lipinski definition) is 7. The maximum absolute atomic E-state index is 12.8. The molecular formula is C17H24N4O2S2. The number of aromatic amines is 1. The smallest absolute Gasteiger partial charge is 0.206 e. The maximum Gasteiger partial charge on any atom is 0.206 e. The SMILES string of the molecule is CC(=O)c1c(C)[nH]c(C(=O)[C@@H](C)Sc2nnc(NCC(C)C)s2)c1C. The van der Waals surface area contributed by atoms with Gasteiger partial charge in [-0.15, -0.1) is 10.2 Å². The van der Waals surface area contributed by atoms with Crippen molar-refractivity contribution in [1.82, 2.24) is 15.2 Å². The molecule has 0 aliphatic rings. The van der Waals surface area contributed by atoms with Gasteiger partial charge in [0.15, 0.2) is 15.9 Å². The summed E-state index contributed by atoms with van der Waals surface area (Å²) in [5.41, 5.74) is 2.57. The molecule has 6 nitrogen and oxygen atoms in total. The molecule has 136 valence electrons. The van der Waals surface area contributed by atoms with Crippen LogP contribution in [0.4, 0.5) is 5.13 Å². The number of aryl methyl sites for hydroxylation is 1. The Labute approximate surface area is 156 Å². The van der Waals surface area contributed by atoms with Gasteiger partial charge in [-0.1, -0.05) is 36.9 Å². The van der Waals surface area contributed by atoms with Gasteiger partial charge >= 0.3 is 0 Å². The van der Waals surface area contributed by atoms with E-state index in [-0.39, 0.29) is 16.8 Å². The summed E-state index contributed by atoms with van der Waals surface area (Å²) in [6.45, 7) is 12.1. The van der Waals surface area contributed by atoms with Gasteiger partial charge in [-0.05, 0) is 39.2 Å². The van der Waals surface area contributed by atoms with Gasteiger partial charge in [-0.3, -0.25) is 9.59 Å². The molecule has 2 N–H and O–H groups in total. The standard InChI is InChI=1S/C17H24N4O2S2/c1-8(2)7-18-16-20-21-17(25-16)24-12(6)15(23)14-9(3)13(11(5)22)10(4)19-14/h8,12,19H,7H2,1-6H3,(H,18,20)/t12-/m1/s1. The van der Waals surface area contributed by atoms with Crippen molar-refractivity contribution < 1.29 is 9.59 Å². The quantitative estimate of drug-likeness (QED) is 0.529. The van der Waals surface area contributed by atoms with Crippen molar-refractivity contribution in [3.8, 4) is 0 Å². The molecule has 0 unspecified atom stereocenters. The number of nitrogens with one attached hydrogen (secondary N) is 2. The Kier molecular flexibility index (Phi) is 6.40. The zero-order valence-electron chi connectivity index (χ0n) is 15.4. The van der Waals surface area contributed by atoms with E-state index in [1.165, 1.54) is 30.0 Å². The predicted molar refractivity (Wildman–Crippen MR) is 103 cm³/mol. The molecule has 8 heteroatoms. The topological polar surface area (TPSA) is 87.7 Å². The largest absolute Gasteiger partial charge is 0.360 e. The summed E-state index contributed by atoms with van der Waals surface area (Å²) < 4.78 is 0.750. The van der Waals surface area contributed by atoms with Gasteiger partial charge < -0.3 is 10.3 Å². The first-order chi connectivity index (χ1) is 11.7. The number of carbonyl (C=O) groups is 2. The number of nitrogens with zero attached hydrogens (tertiary/aromatic N) is 2. The first-order valence-corrected chi connectivity index (χ1v) is 9.88. The Balaban J connectivity index is 2.08. The Bertz CT molecular complexity index is 780. The molecule has 0 bridgehead atoms. The van der Waals surface area contributed by atoms with Crippen molar-refractivity contribution in [3.63, 3.8) is 0 Å². The van der Waals surface area contributed by atoms with Crippen LogP contribution in [0, 0.1) is 19.8 Å². The van der Waals surface area contributed by atoms with E-state index in [9.17, 15) is 9.59 Å². The molecule has 0 amide bonds. The van der Waals surface area contributed by atoms with Crippen LogP contribution >= 0.6 is 23.1 Å². The molecule has 1 atom stereocenters. The van der Waals surface area contributed by atoms with E-state index < -0.39 is 0 Å². The average molecular weight is 381 g/mol. The normalized spacial score (nSPS) is 12.4. The van der Waals surface area contributed by atoms with E-state index in [1.807, 2.05) is 20.8 Å². The lowest BCUT2D eigenvalue weighted by molar-refractivity contribution is 0.0988. The van der Waals surface area contributed by atoms with Crippen LogP contribution in [0.5, 0.6) is 0 Å². The molecule has 2 aromatic rings. The third-order valence-electron chi connectivity index (χ3n) is 3.75. The number of hydrogen-bond donors (Lipinski definition) is 2. The van der Waals surface area contributed by atoms with Crippen molar-refractivity contribution in [2.45, 2.75) is 51.1 Å². The number of carbonyl (C=O) groups excluding carboxylic acids is 2. The van der Waals surface area contributed by atoms with E-state index in [4.69, 9.17) is 0 Å². The summed E-state index contributed by atoms with van der Waals surface area (Å²) in [5.74, 6) is 0.454. The molecule has 2 aromatic heterocycles. The number of anilines is 1. The van der Waals surface area contributed by atoms with Crippen molar-refractivity contribution in [2.24, 2.45) is 5.92 Å². The highest BCUT2D eigenvalue weighted by molar-refractivity contribution is 8.02. The Morgan fingerprint density at radius 1 is 1.24 bits per heavy atom. The zero-order valence-corrected chi connectivity index (χ0v) is 17.0. The summed E-state index contributed by atoms with van der Waals surface area (Å²) in [4.78, 5) is 27.6. The second-order valence-corrected chi connectivity index (χ2v) is 9.02. The first kappa shape index (κ1) is 19.7. The zero-order chi connectivity index (χ0) is 18.7. The molecule has 2 heterocycles. The highest BCUT2D eigenvalue weighted by Crippen LogP contribution is 2.31. The van der Waals surface area contributed by atoms with Gasteiger partial charge in [0.2, 0.25) is 5.13 Å². The van der Waals surface area contributed by atoms with Crippen molar-refractivity contribution >= 4 is 39.8 Å². The minimum atomic E-state index is -0.317. The minimum Gasteiger partial charge on any atom is -0.360 e. The lowest BCUT2D eigenvalue weighted by atomic mass is 10.0. The molecular weight excluding hydrogens is 356 g/mol. The Morgan fingerprint density at radius 3 is 2.48 bits per heavy atom. The van der Waals surface area contributed by atoms with E-state index in [0.29, 0.717) is 17.2 Å². The van der Waals surface area contributed by atoms with Crippen LogP contribution in [0.1, 0.15) is 59.8 Å². The molecule has 0 aromatic carbocycles. The molecule has 0 saturated carbocycles. The van der Waals surface area contributed by atoms with E-state index in [0.717, 1.165) is 27.3 Å². The fraction of sp³-hybridized carbons (Fsp3) is 0.529. The van der Waals surface area contributed by atoms with Crippen LogP contribution in [-0.4, -0.2) is 38.5 Å². The van der Waals surface area contributed by atoms with E-state index >= 15 is 0 Å². The third-order valence-corrected chi connectivity index (χ3v) is 5.82. The van der Waals surface area contributed by atoms with Gasteiger partial charge in [-0.2, -0.15) is 0 Å².